The Morgan fingerprint density at radius 2 is 1.39 bits per heavy atom. The second-order valence-corrected chi connectivity index (χ2v) is 14.5. The van der Waals surface area contributed by atoms with Crippen LogP contribution in [0, 0.1) is 0 Å². The lowest BCUT2D eigenvalue weighted by Gasteiger charge is -2.43. The van der Waals surface area contributed by atoms with Gasteiger partial charge in [0.1, 0.15) is 18.3 Å². The van der Waals surface area contributed by atoms with Crippen molar-refractivity contribution >= 4 is 18.7 Å². The maximum atomic E-state index is 10.8. The van der Waals surface area contributed by atoms with E-state index in [0.717, 1.165) is 0 Å². The first-order valence-electron chi connectivity index (χ1n) is 11.0. The summed E-state index contributed by atoms with van der Waals surface area (Å²) in [4.78, 5) is 0. The minimum Gasteiger partial charge on any atom is -0.405 e. The number of ether oxygens (including phenoxy) is 3. The third kappa shape index (κ3) is 4.01. The molecule has 1 unspecified atom stereocenters. The van der Waals surface area contributed by atoms with Crippen LogP contribution in [0.3, 0.4) is 0 Å². The predicted octanol–water partition coefficient (Wildman–Crippen LogP) is 3.19. The molecule has 5 nitrogen and oxygen atoms in total. The minimum absolute atomic E-state index is 0.136. The van der Waals surface area contributed by atoms with Crippen molar-refractivity contribution in [1.29, 1.82) is 0 Å². The summed E-state index contributed by atoms with van der Waals surface area (Å²) in [7, 11) is -2.70. The lowest BCUT2D eigenvalue weighted by molar-refractivity contribution is -0.267. The zero-order valence-electron chi connectivity index (χ0n) is 19.3. The summed E-state index contributed by atoms with van der Waals surface area (Å²) in [5.41, 5.74) is 0. The van der Waals surface area contributed by atoms with Crippen molar-refractivity contribution in [3.8, 4) is 0 Å². The van der Waals surface area contributed by atoms with Crippen molar-refractivity contribution in [2.45, 2.75) is 76.5 Å². The molecule has 0 bridgehead atoms. The molecule has 2 saturated heterocycles. The van der Waals surface area contributed by atoms with Crippen LogP contribution in [0.5, 0.6) is 0 Å². The van der Waals surface area contributed by atoms with Crippen molar-refractivity contribution in [2.75, 3.05) is 6.61 Å². The maximum absolute atomic E-state index is 10.8. The van der Waals surface area contributed by atoms with E-state index in [9.17, 15) is 5.11 Å². The van der Waals surface area contributed by atoms with Crippen molar-refractivity contribution in [2.24, 2.45) is 0 Å². The second kappa shape index (κ2) is 7.80. The van der Waals surface area contributed by atoms with Gasteiger partial charge in [0.25, 0.3) is 8.32 Å². The second-order valence-electron chi connectivity index (χ2n) is 10.2. The molecule has 2 aromatic rings. The van der Waals surface area contributed by atoms with Crippen LogP contribution >= 0.6 is 0 Å². The number of fused-ring (bicyclic) bond motifs is 1. The summed E-state index contributed by atoms with van der Waals surface area (Å²) in [5.74, 6) is -2.18. The Hall–Kier alpha value is -1.54. The van der Waals surface area contributed by atoms with Crippen LogP contribution in [0.4, 0.5) is 0 Å². The van der Waals surface area contributed by atoms with Crippen LogP contribution in [-0.4, -0.2) is 49.9 Å². The van der Waals surface area contributed by atoms with E-state index in [4.69, 9.17) is 18.6 Å². The normalized spacial score (nSPS) is 30.4. The lowest BCUT2D eigenvalue weighted by atomic mass is 10.1. The largest absolute Gasteiger partial charge is 0.405 e. The Morgan fingerprint density at radius 3 is 1.87 bits per heavy atom. The molecule has 2 aromatic carbocycles. The smallest absolute Gasteiger partial charge is 0.261 e. The zero-order valence-corrected chi connectivity index (χ0v) is 20.3. The third-order valence-corrected chi connectivity index (χ3v) is 11.3. The highest BCUT2D eigenvalue weighted by atomic mass is 28.4. The first-order chi connectivity index (χ1) is 14.5. The average molecular weight is 443 g/mol. The quantitative estimate of drug-likeness (QED) is 0.721. The maximum Gasteiger partial charge on any atom is 0.261 e. The minimum atomic E-state index is -2.70. The van der Waals surface area contributed by atoms with E-state index in [1.165, 1.54) is 10.4 Å². The molecule has 2 heterocycles. The summed E-state index contributed by atoms with van der Waals surface area (Å²) >= 11 is 0. The van der Waals surface area contributed by atoms with Crippen LogP contribution < -0.4 is 10.4 Å². The highest BCUT2D eigenvalue weighted by Crippen LogP contribution is 2.44. The molecular weight excluding hydrogens is 408 g/mol. The van der Waals surface area contributed by atoms with Crippen LogP contribution in [0.15, 0.2) is 60.7 Å². The SMILES string of the molecule is CC1(C)O[C@H]2[C@@H](CO[Si](c3ccccc3)(c3ccccc3)C(C)(C)C)OC(C)(O)[C@H]2O1. The molecule has 4 rings (SSSR count). The number of hydrogen-bond acceptors (Lipinski definition) is 5. The number of rotatable bonds is 5. The average Bonchev–Trinajstić information content (AvgIpc) is 3.15. The highest BCUT2D eigenvalue weighted by Gasteiger charge is 2.61. The van der Waals surface area contributed by atoms with E-state index >= 15 is 0 Å². The Morgan fingerprint density at radius 1 is 0.871 bits per heavy atom. The van der Waals surface area contributed by atoms with E-state index in [-0.39, 0.29) is 11.1 Å². The number of benzene rings is 2. The monoisotopic (exact) mass is 442 g/mol. The molecule has 0 radical (unpaired) electrons. The molecule has 168 valence electrons. The molecular formula is C25H34O5Si. The van der Waals surface area contributed by atoms with Crippen LogP contribution in [0.2, 0.25) is 5.04 Å². The van der Waals surface area contributed by atoms with Gasteiger partial charge in [-0.05, 0) is 36.2 Å². The van der Waals surface area contributed by atoms with E-state index in [1.54, 1.807) is 6.92 Å². The predicted molar refractivity (Wildman–Crippen MR) is 123 cm³/mol. The van der Waals surface area contributed by atoms with Gasteiger partial charge >= 0.3 is 0 Å². The topological polar surface area (TPSA) is 57.2 Å². The fourth-order valence-corrected chi connectivity index (χ4v) is 9.58. The number of hydrogen-bond donors (Lipinski definition) is 1. The molecule has 4 atom stereocenters. The number of aliphatic hydroxyl groups is 1. The zero-order chi connectivity index (χ0) is 22.5. The third-order valence-electron chi connectivity index (χ3n) is 6.29. The fourth-order valence-electron chi connectivity index (χ4n) is 5.01. The Balaban J connectivity index is 1.71. The van der Waals surface area contributed by atoms with Crippen molar-refractivity contribution in [1.82, 2.24) is 0 Å². The van der Waals surface area contributed by atoms with Gasteiger partial charge in [0.05, 0.1) is 6.61 Å². The van der Waals surface area contributed by atoms with Gasteiger partial charge in [0.2, 0.25) is 0 Å². The molecule has 6 heteroatoms. The lowest BCUT2D eigenvalue weighted by Crippen LogP contribution is -2.67. The van der Waals surface area contributed by atoms with Crippen LogP contribution in [-0.2, 0) is 18.6 Å². The molecule has 0 aromatic heterocycles. The molecule has 2 aliphatic rings. The Kier molecular flexibility index (Phi) is 5.69. The molecule has 0 spiro atoms. The molecule has 2 fully saturated rings. The summed E-state index contributed by atoms with van der Waals surface area (Å²) in [6.07, 6.45) is -1.36. The van der Waals surface area contributed by atoms with E-state index in [0.29, 0.717) is 6.61 Å². The van der Waals surface area contributed by atoms with Gasteiger partial charge in [0.15, 0.2) is 11.6 Å². The molecule has 1 N–H and O–H groups in total. The van der Waals surface area contributed by atoms with Gasteiger partial charge < -0.3 is 23.7 Å². The first-order valence-corrected chi connectivity index (χ1v) is 12.9. The molecule has 0 saturated carbocycles. The summed E-state index contributed by atoms with van der Waals surface area (Å²) in [5, 5.41) is 13.1. The standard InChI is InChI=1S/C25H34O5Si/c1-23(2,3)31(18-13-9-7-10-14-18,19-15-11-8-12-16-19)27-17-20-21-22(25(6,26)28-20)30-24(4,5)29-21/h7-16,20-22,26H,17H2,1-6H3/t20-,21+,22+,25?/m1/s1. The Bertz CT molecular complexity index is 852. The van der Waals surface area contributed by atoms with E-state index in [2.05, 4.69) is 69.3 Å². The van der Waals surface area contributed by atoms with Crippen molar-refractivity contribution < 1.29 is 23.7 Å². The molecule has 0 aliphatic carbocycles. The fraction of sp³-hybridized carbons (Fsp3) is 0.520. The van der Waals surface area contributed by atoms with Gasteiger partial charge in [-0.1, -0.05) is 81.4 Å². The summed E-state index contributed by atoms with van der Waals surface area (Å²) in [6.45, 7) is 12.4. The summed E-state index contributed by atoms with van der Waals surface area (Å²) < 4.78 is 25.0. The van der Waals surface area contributed by atoms with Crippen molar-refractivity contribution in [3.63, 3.8) is 0 Å². The van der Waals surface area contributed by atoms with Gasteiger partial charge in [-0.2, -0.15) is 0 Å². The van der Waals surface area contributed by atoms with Gasteiger partial charge in [-0.25, -0.2) is 0 Å². The van der Waals surface area contributed by atoms with Crippen LogP contribution in [0.1, 0.15) is 41.5 Å². The van der Waals surface area contributed by atoms with Gasteiger partial charge in [-0.15, -0.1) is 0 Å². The van der Waals surface area contributed by atoms with Gasteiger partial charge in [-0.3, -0.25) is 0 Å². The Labute approximate surface area is 186 Å². The van der Waals surface area contributed by atoms with Crippen LogP contribution in [0.25, 0.3) is 0 Å². The first kappa shape index (κ1) is 22.6. The highest BCUT2D eigenvalue weighted by molar-refractivity contribution is 6.99. The molecule has 2 aliphatic heterocycles. The molecule has 31 heavy (non-hydrogen) atoms. The van der Waals surface area contributed by atoms with Gasteiger partial charge in [0, 0.05) is 0 Å². The molecule has 0 amide bonds. The summed E-state index contributed by atoms with van der Waals surface area (Å²) in [6, 6.07) is 21.0. The van der Waals surface area contributed by atoms with E-state index in [1.807, 2.05) is 26.0 Å². The van der Waals surface area contributed by atoms with E-state index < -0.39 is 32.1 Å². The van der Waals surface area contributed by atoms with Crippen molar-refractivity contribution in [3.05, 3.63) is 60.7 Å².